The molecule has 0 radical (unpaired) electrons. The molecule has 0 saturated carbocycles. The van der Waals surface area contributed by atoms with Gasteiger partial charge in [-0.3, -0.25) is 4.79 Å². The fourth-order valence-corrected chi connectivity index (χ4v) is 2.24. The minimum absolute atomic E-state index is 0.0482. The molecule has 2 rings (SSSR count). The molecule has 104 valence electrons. The first-order valence-corrected chi connectivity index (χ1v) is 6.45. The van der Waals surface area contributed by atoms with Crippen molar-refractivity contribution in [1.82, 2.24) is 9.97 Å². The SMILES string of the molecule is CC(C)Oc1ccnc(N2CC(C)C(C(=O)O)C2)n1. The van der Waals surface area contributed by atoms with Crippen LogP contribution < -0.4 is 9.64 Å². The van der Waals surface area contributed by atoms with E-state index in [9.17, 15) is 4.79 Å². The van der Waals surface area contributed by atoms with Gasteiger partial charge in [-0.05, 0) is 19.8 Å². The molecule has 2 heterocycles. The number of rotatable bonds is 4. The van der Waals surface area contributed by atoms with Crippen LogP contribution in [0.5, 0.6) is 5.88 Å². The van der Waals surface area contributed by atoms with Crippen LogP contribution in [0, 0.1) is 11.8 Å². The predicted molar refractivity (Wildman–Crippen MR) is 70.3 cm³/mol. The summed E-state index contributed by atoms with van der Waals surface area (Å²) in [5, 5.41) is 9.13. The molecule has 1 aliphatic heterocycles. The van der Waals surface area contributed by atoms with Gasteiger partial charge in [0.25, 0.3) is 0 Å². The summed E-state index contributed by atoms with van der Waals surface area (Å²) in [6.07, 6.45) is 1.69. The molecule has 2 unspecified atom stereocenters. The molecular formula is C13H19N3O3. The van der Waals surface area contributed by atoms with E-state index in [1.54, 1.807) is 12.3 Å². The second kappa shape index (κ2) is 5.42. The van der Waals surface area contributed by atoms with Crippen molar-refractivity contribution < 1.29 is 14.6 Å². The molecule has 1 saturated heterocycles. The van der Waals surface area contributed by atoms with Gasteiger partial charge in [0.1, 0.15) is 0 Å². The van der Waals surface area contributed by atoms with E-state index in [0.717, 1.165) is 0 Å². The maximum Gasteiger partial charge on any atom is 0.308 e. The van der Waals surface area contributed by atoms with E-state index in [4.69, 9.17) is 9.84 Å². The van der Waals surface area contributed by atoms with Crippen molar-refractivity contribution in [2.45, 2.75) is 26.9 Å². The van der Waals surface area contributed by atoms with Gasteiger partial charge in [0.05, 0.1) is 12.0 Å². The van der Waals surface area contributed by atoms with Crippen LogP contribution in [0.3, 0.4) is 0 Å². The Morgan fingerprint density at radius 1 is 1.53 bits per heavy atom. The van der Waals surface area contributed by atoms with Crippen LogP contribution in [0.15, 0.2) is 12.3 Å². The molecule has 0 spiro atoms. The largest absolute Gasteiger partial charge is 0.481 e. The van der Waals surface area contributed by atoms with Crippen molar-refractivity contribution in [2.75, 3.05) is 18.0 Å². The Hall–Kier alpha value is -1.85. The molecule has 1 aromatic heterocycles. The number of carboxylic acids is 1. The molecular weight excluding hydrogens is 246 g/mol. The molecule has 6 nitrogen and oxygen atoms in total. The lowest BCUT2D eigenvalue weighted by Crippen LogP contribution is -2.24. The van der Waals surface area contributed by atoms with Crippen molar-refractivity contribution in [2.24, 2.45) is 11.8 Å². The predicted octanol–water partition coefficient (Wildman–Crippen LogP) is 1.42. The minimum atomic E-state index is -0.760. The zero-order chi connectivity index (χ0) is 14.0. The Kier molecular flexibility index (Phi) is 3.87. The number of aromatic nitrogens is 2. The van der Waals surface area contributed by atoms with Crippen LogP contribution >= 0.6 is 0 Å². The number of anilines is 1. The van der Waals surface area contributed by atoms with Crippen LogP contribution in [-0.2, 0) is 4.79 Å². The zero-order valence-corrected chi connectivity index (χ0v) is 11.4. The second-order valence-corrected chi connectivity index (χ2v) is 5.19. The Morgan fingerprint density at radius 2 is 2.26 bits per heavy atom. The lowest BCUT2D eigenvalue weighted by molar-refractivity contribution is -0.142. The maximum absolute atomic E-state index is 11.1. The third-order valence-corrected chi connectivity index (χ3v) is 3.19. The summed E-state index contributed by atoms with van der Waals surface area (Å²) in [5.74, 6) is 0.0267. The van der Waals surface area contributed by atoms with Gasteiger partial charge in [-0.25, -0.2) is 4.98 Å². The number of nitrogens with zero attached hydrogens (tertiary/aromatic N) is 3. The first kappa shape index (κ1) is 13.6. The van der Waals surface area contributed by atoms with E-state index in [-0.39, 0.29) is 17.9 Å². The normalized spacial score (nSPS) is 22.8. The van der Waals surface area contributed by atoms with E-state index >= 15 is 0 Å². The van der Waals surface area contributed by atoms with Gasteiger partial charge in [-0.2, -0.15) is 4.98 Å². The van der Waals surface area contributed by atoms with E-state index < -0.39 is 5.97 Å². The highest BCUT2D eigenvalue weighted by Gasteiger charge is 2.35. The monoisotopic (exact) mass is 265 g/mol. The average molecular weight is 265 g/mol. The van der Waals surface area contributed by atoms with Gasteiger partial charge in [0, 0.05) is 25.4 Å². The summed E-state index contributed by atoms with van der Waals surface area (Å²) in [6.45, 7) is 6.90. The summed E-state index contributed by atoms with van der Waals surface area (Å²) < 4.78 is 5.52. The fourth-order valence-electron chi connectivity index (χ4n) is 2.24. The zero-order valence-electron chi connectivity index (χ0n) is 11.4. The van der Waals surface area contributed by atoms with E-state index in [1.165, 1.54) is 0 Å². The first-order valence-electron chi connectivity index (χ1n) is 6.45. The highest BCUT2D eigenvalue weighted by molar-refractivity contribution is 5.72. The third kappa shape index (κ3) is 3.13. The number of carbonyl (C=O) groups is 1. The Labute approximate surface area is 112 Å². The summed E-state index contributed by atoms with van der Waals surface area (Å²) in [5.41, 5.74) is 0. The molecule has 6 heteroatoms. The van der Waals surface area contributed by atoms with Gasteiger partial charge in [-0.15, -0.1) is 0 Å². The Morgan fingerprint density at radius 3 is 2.84 bits per heavy atom. The van der Waals surface area contributed by atoms with Crippen LogP contribution in [-0.4, -0.2) is 40.2 Å². The molecule has 0 aromatic carbocycles. The van der Waals surface area contributed by atoms with Gasteiger partial charge in [0.15, 0.2) is 0 Å². The van der Waals surface area contributed by atoms with Crippen molar-refractivity contribution in [3.05, 3.63) is 12.3 Å². The summed E-state index contributed by atoms with van der Waals surface area (Å²) in [7, 11) is 0. The van der Waals surface area contributed by atoms with E-state index in [0.29, 0.717) is 24.9 Å². The maximum atomic E-state index is 11.1. The smallest absolute Gasteiger partial charge is 0.308 e. The molecule has 0 aliphatic carbocycles. The molecule has 1 aromatic rings. The highest BCUT2D eigenvalue weighted by Crippen LogP contribution is 2.26. The number of hydrogen-bond donors (Lipinski definition) is 1. The molecule has 1 aliphatic rings. The molecule has 0 bridgehead atoms. The topological polar surface area (TPSA) is 75.5 Å². The number of carboxylic acid groups (broad SMARTS) is 1. The molecule has 2 atom stereocenters. The van der Waals surface area contributed by atoms with Crippen LogP contribution in [0.1, 0.15) is 20.8 Å². The number of ether oxygens (including phenoxy) is 1. The lowest BCUT2D eigenvalue weighted by atomic mass is 9.99. The fraction of sp³-hybridized carbons (Fsp3) is 0.615. The van der Waals surface area contributed by atoms with E-state index in [1.807, 2.05) is 25.7 Å². The van der Waals surface area contributed by atoms with Gasteiger partial charge in [-0.1, -0.05) is 6.92 Å². The summed E-state index contributed by atoms with van der Waals surface area (Å²) >= 11 is 0. The first-order chi connectivity index (χ1) is 8.97. The minimum Gasteiger partial charge on any atom is -0.481 e. The average Bonchev–Trinajstić information content (AvgIpc) is 2.71. The summed E-state index contributed by atoms with van der Waals surface area (Å²) in [6, 6.07) is 1.71. The molecule has 1 fully saturated rings. The number of hydrogen-bond acceptors (Lipinski definition) is 5. The standard InChI is InChI=1S/C13H19N3O3/c1-8(2)19-11-4-5-14-13(15-11)16-6-9(3)10(7-16)12(17)18/h4-5,8-10H,6-7H2,1-3H3,(H,17,18). The molecule has 19 heavy (non-hydrogen) atoms. The van der Waals surface area contributed by atoms with Crippen molar-refractivity contribution in [3.8, 4) is 5.88 Å². The molecule has 0 amide bonds. The van der Waals surface area contributed by atoms with Crippen LogP contribution in [0.2, 0.25) is 0 Å². The van der Waals surface area contributed by atoms with Gasteiger partial charge < -0.3 is 14.7 Å². The van der Waals surface area contributed by atoms with Crippen LogP contribution in [0.25, 0.3) is 0 Å². The van der Waals surface area contributed by atoms with Crippen LogP contribution in [0.4, 0.5) is 5.95 Å². The number of aliphatic carboxylic acids is 1. The molecule has 1 N–H and O–H groups in total. The lowest BCUT2D eigenvalue weighted by Gasteiger charge is -2.16. The Balaban J connectivity index is 2.13. The van der Waals surface area contributed by atoms with Crippen molar-refractivity contribution >= 4 is 11.9 Å². The highest BCUT2D eigenvalue weighted by atomic mass is 16.5. The quantitative estimate of drug-likeness (QED) is 0.887. The van der Waals surface area contributed by atoms with E-state index in [2.05, 4.69) is 9.97 Å². The third-order valence-electron chi connectivity index (χ3n) is 3.19. The van der Waals surface area contributed by atoms with Gasteiger partial charge >= 0.3 is 5.97 Å². The van der Waals surface area contributed by atoms with Crippen molar-refractivity contribution in [3.63, 3.8) is 0 Å². The second-order valence-electron chi connectivity index (χ2n) is 5.19. The Bertz CT molecular complexity index is 464. The van der Waals surface area contributed by atoms with Crippen molar-refractivity contribution in [1.29, 1.82) is 0 Å². The summed E-state index contributed by atoms with van der Waals surface area (Å²) in [4.78, 5) is 21.5. The van der Waals surface area contributed by atoms with Gasteiger partial charge in [0.2, 0.25) is 11.8 Å².